The third kappa shape index (κ3) is 42.9. The first-order valence-corrected chi connectivity index (χ1v) is 7.78. The van der Waals surface area contributed by atoms with Crippen LogP contribution in [-0.2, 0) is 14.4 Å². The molecule has 0 aliphatic heterocycles. The van der Waals surface area contributed by atoms with E-state index in [0.717, 1.165) is 12.2 Å². The van der Waals surface area contributed by atoms with Crippen molar-refractivity contribution in [2.45, 2.75) is 77.0 Å². The van der Waals surface area contributed by atoms with Gasteiger partial charge >= 0.3 is 0 Å². The predicted octanol–water partition coefficient (Wildman–Crippen LogP) is 4.44. The summed E-state index contributed by atoms with van der Waals surface area (Å²) >= 11 is 0. The lowest BCUT2D eigenvalue weighted by molar-refractivity contribution is 0.504. The summed E-state index contributed by atoms with van der Waals surface area (Å²) in [6, 6.07) is 0. The summed E-state index contributed by atoms with van der Waals surface area (Å²) in [5.41, 5.74) is 0. The molecule has 0 aromatic heterocycles. The Kier molecular flexibility index (Phi) is 36.0. The van der Waals surface area contributed by atoms with E-state index in [1.807, 2.05) is 0 Å². The van der Waals surface area contributed by atoms with Gasteiger partial charge in [-0.3, -0.25) is 0 Å². The summed E-state index contributed by atoms with van der Waals surface area (Å²) in [7, 11) is 1.38. The van der Waals surface area contributed by atoms with Gasteiger partial charge in [-0.15, -0.1) is 0 Å². The molecule has 0 aromatic rings. The Morgan fingerprint density at radius 1 is 0.591 bits per heavy atom. The van der Waals surface area contributed by atoms with Crippen LogP contribution in [0.15, 0.2) is 4.99 Å². The van der Waals surface area contributed by atoms with Gasteiger partial charge in [-0.05, 0) is 0 Å². The van der Waals surface area contributed by atoms with E-state index in [9.17, 15) is 0 Å². The zero-order valence-electron chi connectivity index (χ0n) is 13.7. The van der Waals surface area contributed by atoms with Crippen molar-refractivity contribution < 1.29 is 14.4 Å². The van der Waals surface area contributed by atoms with E-state index in [1.54, 1.807) is 0 Å². The van der Waals surface area contributed by atoms with Gasteiger partial charge in [0, 0.05) is 7.05 Å². The molecule has 0 bridgehead atoms. The maximum absolute atomic E-state index is 8.88. The molecule has 2 fully saturated rings. The molecule has 0 unspecified atom stereocenters. The normalized spacial score (nSPS) is 14.6. The van der Waals surface area contributed by atoms with E-state index in [2.05, 4.69) is 4.99 Å². The maximum Gasteiger partial charge on any atom is 0.234 e. The highest BCUT2D eigenvalue weighted by molar-refractivity contribution is 5.32. The van der Waals surface area contributed by atoms with Crippen molar-refractivity contribution in [2.75, 3.05) is 7.05 Å². The first-order chi connectivity index (χ1) is 10.7. The third-order valence-corrected chi connectivity index (χ3v) is 3.09. The number of aliphatic imine (C=N–C) groups is 1. The molecule has 2 aliphatic carbocycles. The van der Waals surface area contributed by atoms with Crippen LogP contribution in [0, 0.1) is 10.8 Å². The molecule has 0 amide bonds. The molecule has 6 nitrogen and oxygen atoms in total. The Morgan fingerprint density at radius 3 is 0.727 bits per heavy atom. The average molecular weight is 311 g/mol. The zero-order valence-corrected chi connectivity index (χ0v) is 13.7. The Labute approximate surface area is 133 Å². The summed E-state index contributed by atoms with van der Waals surface area (Å²) in [5, 5.41) is 10.8. The molecule has 0 radical (unpaired) electrons. The van der Waals surface area contributed by atoms with Gasteiger partial charge in [-0.2, -0.15) is 0 Å². The number of nitrogens with one attached hydrogen (secondary N) is 2. The van der Waals surface area contributed by atoms with E-state index < -0.39 is 0 Å². The quantitative estimate of drug-likeness (QED) is 0.509. The summed E-state index contributed by atoms with van der Waals surface area (Å²) in [6.45, 7) is 0. The number of carbonyl (C=O) groups excluding carboxylic acids is 3. The van der Waals surface area contributed by atoms with Gasteiger partial charge < -0.3 is 0 Å². The molecule has 2 aliphatic rings. The predicted molar refractivity (Wildman–Crippen MR) is 86.3 cm³/mol. The van der Waals surface area contributed by atoms with Crippen molar-refractivity contribution in [1.29, 1.82) is 10.8 Å². The highest BCUT2D eigenvalue weighted by atomic mass is 16.1. The van der Waals surface area contributed by atoms with Crippen LogP contribution in [0.2, 0.25) is 0 Å². The maximum atomic E-state index is 8.88. The first-order valence-electron chi connectivity index (χ1n) is 7.78. The number of nitrogens with zero attached hydrogens (tertiary/aromatic N) is 1. The van der Waals surface area contributed by atoms with Crippen LogP contribution in [0.1, 0.15) is 77.0 Å². The molecule has 2 N–H and O–H groups in total. The van der Waals surface area contributed by atoms with Crippen molar-refractivity contribution in [1.82, 2.24) is 0 Å². The van der Waals surface area contributed by atoms with Crippen LogP contribution >= 0.6 is 0 Å². The fourth-order valence-electron chi connectivity index (χ4n) is 2.12. The second-order valence-electron chi connectivity index (χ2n) is 4.76. The molecule has 0 aromatic carbocycles. The van der Waals surface area contributed by atoms with Gasteiger partial charge in [0.2, 0.25) is 18.2 Å². The largest absolute Gasteiger partial charge is 0.234 e. The van der Waals surface area contributed by atoms with E-state index >= 15 is 0 Å². The molecule has 0 saturated heterocycles. The number of hydrogen-bond donors (Lipinski definition) is 2. The van der Waals surface area contributed by atoms with Crippen molar-refractivity contribution in [3.8, 4) is 0 Å². The monoisotopic (exact) mass is 311 g/mol. The Balaban J connectivity index is -0.000000214. The summed E-state index contributed by atoms with van der Waals surface area (Å²) in [5.74, 6) is 0. The van der Waals surface area contributed by atoms with Crippen LogP contribution in [0.25, 0.3) is 0 Å². The molecule has 126 valence electrons. The Bertz CT molecular complexity index is 260. The second-order valence-corrected chi connectivity index (χ2v) is 4.76. The van der Waals surface area contributed by atoms with Crippen molar-refractivity contribution in [3.63, 3.8) is 0 Å². The van der Waals surface area contributed by atoms with Gasteiger partial charge in [0.25, 0.3) is 0 Å². The molecule has 2 rings (SSSR count). The molecule has 2 saturated carbocycles. The molecular formula is C16H29N3O3. The van der Waals surface area contributed by atoms with E-state index in [1.165, 1.54) is 90.2 Å². The average Bonchev–Trinajstić information content (AvgIpc) is 2.60. The van der Waals surface area contributed by atoms with Crippen LogP contribution in [0.3, 0.4) is 0 Å². The van der Waals surface area contributed by atoms with Crippen LogP contribution < -0.4 is 0 Å². The van der Waals surface area contributed by atoms with E-state index in [4.69, 9.17) is 25.2 Å². The highest BCUT2D eigenvalue weighted by Crippen LogP contribution is 2.15. The molecule has 22 heavy (non-hydrogen) atoms. The van der Waals surface area contributed by atoms with E-state index in [0.29, 0.717) is 0 Å². The number of hydrogen-bond acceptors (Lipinski definition) is 6. The van der Waals surface area contributed by atoms with Gasteiger partial charge in [0.15, 0.2) is 0 Å². The fraction of sp³-hybridized carbons (Fsp3) is 0.812. The summed E-state index contributed by atoms with van der Waals surface area (Å²) < 4.78 is 0. The lowest BCUT2D eigenvalue weighted by atomic mass is 10.0. The second kappa shape index (κ2) is 31.5. The van der Waals surface area contributed by atoms with Crippen molar-refractivity contribution in [3.05, 3.63) is 0 Å². The smallest absolute Gasteiger partial charge is 0.222 e. The molecule has 0 heterocycles. The van der Waals surface area contributed by atoms with Gasteiger partial charge in [0.1, 0.15) is 0 Å². The van der Waals surface area contributed by atoms with Crippen LogP contribution in [0.4, 0.5) is 0 Å². The summed E-state index contributed by atoms with van der Waals surface area (Å²) in [6.07, 6.45) is 20.8. The molecule has 0 spiro atoms. The van der Waals surface area contributed by atoms with Gasteiger partial charge in [-0.25, -0.2) is 30.2 Å². The minimum Gasteiger partial charge on any atom is -0.222 e. The van der Waals surface area contributed by atoms with Crippen molar-refractivity contribution in [2.24, 2.45) is 4.99 Å². The number of isocyanates is 3. The standard InChI is InChI=1S/2C6H12.C2H3NO.2CHNO/c2*1-2-4-6-5-3-1;1-3-2-4;2*2-1-3/h2*1-6H2;1H3;2*2H. The van der Waals surface area contributed by atoms with Crippen LogP contribution in [-0.4, -0.2) is 25.3 Å². The first kappa shape index (κ1) is 25.1. The lowest BCUT2D eigenvalue weighted by Gasteiger charge is -2.05. The third-order valence-electron chi connectivity index (χ3n) is 3.09. The highest BCUT2D eigenvalue weighted by Gasteiger charge is 1.96. The Morgan fingerprint density at radius 2 is 0.682 bits per heavy atom. The van der Waals surface area contributed by atoms with E-state index in [-0.39, 0.29) is 0 Å². The minimum absolute atomic E-state index is 0.750. The Hall–Kier alpha value is -1.86. The van der Waals surface area contributed by atoms with Gasteiger partial charge in [-0.1, -0.05) is 77.0 Å². The van der Waals surface area contributed by atoms with Crippen molar-refractivity contribution >= 4 is 18.2 Å². The van der Waals surface area contributed by atoms with Crippen LogP contribution in [0.5, 0.6) is 0 Å². The summed E-state index contributed by atoms with van der Waals surface area (Å²) in [4.78, 5) is 28.5. The topological polar surface area (TPSA) is 111 Å². The minimum atomic E-state index is 0.750. The molecule has 0 atom stereocenters. The molecule has 6 heteroatoms. The fourth-order valence-corrected chi connectivity index (χ4v) is 2.12. The lowest BCUT2D eigenvalue weighted by Crippen LogP contribution is -1.85. The SMILES string of the molecule is C1CCCCC1.C1CCCCC1.CN=C=O.N=C=O.N=C=O. The number of rotatable bonds is 0. The van der Waals surface area contributed by atoms with Gasteiger partial charge in [0.05, 0.1) is 0 Å². The zero-order chi connectivity index (χ0) is 17.3. The molecular weight excluding hydrogens is 282 g/mol.